The molecule has 0 aliphatic heterocycles. The van der Waals surface area contributed by atoms with Crippen molar-refractivity contribution in [3.63, 3.8) is 0 Å². The molecular formula is C76H144O17P2. The van der Waals surface area contributed by atoms with Gasteiger partial charge in [-0.15, -0.1) is 0 Å². The summed E-state index contributed by atoms with van der Waals surface area (Å²) < 4.78 is 68.4. The number of rotatable bonds is 72. The van der Waals surface area contributed by atoms with Crippen LogP contribution in [-0.2, 0) is 65.4 Å². The lowest BCUT2D eigenvalue weighted by Crippen LogP contribution is -2.30. The third-order valence-electron chi connectivity index (χ3n) is 17.0. The van der Waals surface area contributed by atoms with Gasteiger partial charge in [0.2, 0.25) is 0 Å². The highest BCUT2D eigenvalue weighted by atomic mass is 31.2. The second-order valence-corrected chi connectivity index (χ2v) is 31.0. The van der Waals surface area contributed by atoms with Crippen molar-refractivity contribution in [2.24, 2.45) is 17.8 Å². The molecule has 0 aromatic rings. The Hall–Kier alpha value is -2.46. The maximum atomic E-state index is 13.1. The third-order valence-corrected chi connectivity index (χ3v) is 18.9. The summed E-state index contributed by atoms with van der Waals surface area (Å²) in [6.45, 7) is 11.7. The van der Waals surface area contributed by atoms with E-state index >= 15 is 0 Å². The smallest absolute Gasteiger partial charge is 0.462 e. The maximum absolute atomic E-state index is 13.1. The molecule has 0 rings (SSSR count). The number of ether oxygens (including phenoxy) is 4. The van der Waals surface area contributed by atoms with Gasteiger partial charge < -0.3 is 33.8 Å². The molecule has 5 atom stereocenters. The second-order valence-electron chi connectivity index (χ2n) is 28.1. The number of phosphoric acid groups is 2. The van der Waals surface area contributed by atoms with Crippen LogP contribution in [0.2, 0.25) is 0 Å². The van der Waals surface area contributed by atoms with E-state index in [2.05, 4.69) is 72.8 Å². The monoisotopic (exact) mass is 1390 g/mol. The molecule has 0 saturated heterocycles. The minimum atomic E-state index is -4.97. The third kappa shape index (κ3) is 69.8. The van der Waals surface area contributed by atoms with Crippen LogP contribution < -0.4 is 0 Å². The van der Waals surface area contributed by atoms with Crippen molar-refractivity contribution in [2.75, 3.05) is 39.6 Å². The summed E-state index contributed by atoms with van der Waals surface area (Å²) in [6.07, 6.45) is 55.1. The molecular weight excluding hydrogens is 1250 g/mol. The lowest BCUT2D eigenvalue weighted by molar-refractivity contribution is -0.161. The fourth-order valence-electron chi connectivity index (χ4n) is 11.1. The molecule has 2 unspecified atom stereocenters. The highest BCUT2D eigenvalue weighted by Gasteiger charge is 2.30. The van der Waals surface area contributed by atoms with Crippen molar-refractivity contribution in [2.45, 2.75) is 381 Å². The first-order valence-corrected chi connectivity index (χ1v) is 41.7. The fourth-order valence-corrected chi connectivity index (χ4v) is 12.6. The minimum Gasteiger partial charge on any atom is -0.462 e. The summed E-state index contributed by atoms with van der Waals surface area (Å²) in [4.78, 5) is 72.7. The summed E-state index contributed by atoms with van der Waals surface area (Å²) in [5.41, 5.74) is 0. The first-order valence-electron chi connectivity index (χ1n) is 38.7. The maximum Gasteiger partial charge on any atom is 0.472 e. The zero-order valence-electron chi connectivity index (χ0n) is 61.6. The fraction of sp³-hybridized carbons (Fsp3) is 0.895. The van der Waals surface area contributed by atoms with E-state index in [1.165, 1.54) is 148 Å². The summed E-state index contributed by atoms with van der Waals surface area (Å²) in [7, 11) is -9.92. The van der Waals surface area contributed by atoms with Crippen molar-refractivity contribution < 1.29 is 80.2 Å². The van der Waals surface area contributed by atoms with E-state index in [0.29, 0.717) is 31.6 Å². The number of esters is 4. The van der Waals surface area contributed by atoms with E-state index in [1.54, 1.807) is 0 Å². The molecule has 0 radical (unpaired) electrons. The average molecular weight is 1390 g/mol. The van der Waals surface area contributed by atoms with Crippen LogP contribution in [0.1, 0.15) is 363 Å². The van der Waals surface area contributed by atoms with Crippen molar-refractivity contribution in [1.29, 1.82) is 0 Å². The van der Waals surface area contributed by atoms with E-state index in [4.69, 9.17) is 37.0 Å². The number of hydrogen-bond acceptors (Lipinski definition) is 15. The summed E-state index contributed by atoms with van der Waals surface area (Å²) >= 11 is 0. The Morgan fingerprint density at radius 1 is 0.326 bits per heavy atom. The lowest BCUT2D eigenvalue weighted by Gasteiger charge is -2.21. The van der Waals surface area contributed by atoms with Crippen LogP contribution in [0.3, 0.4) is 0 Å². The molecule has 560 valence electrons. The SMILES string of the molecule is CCCCCC/C=C\C=C/CCCCCCCC(=O)OC[C@H](COP(=O)(O)OC[C@@H](O)COP(=O)(O)OC[C@@H](COC(=O)CCCCCCCCC(C)C)OC(=O)CCCCCCCCCCCC(C)C)OC(=O)CCCCCCCCCCCCCCCCCCC(C)C. The number of aliphatic hydroxyl groups excluding tert-OH is 1. The van der Waals surface area contributed by atoms with Gasteiger partial charge in [0.25, 0.3) is 0 Å². The number of allylic oxidation sites excluding steroid dienone is 4. The number of carbonyl (C=O) groups is 4. The van der Waals surface area contributed by atoms with Crippen molar-refractivity contribution in [3.8, 4) is 0 Å². The lowest BCUT2D eigenvalue weighted by atomic mass is 10.0. The van der Waals surface area contributed by atoms with Crippen LogP contribution >= 0.6 is 15.6 Å². The number of hydrogen-bond donors (Lipinski definition) is 3. The van der Waals surface area contributed by atoms with E-state index in [0.717, 1.165) is 127 Å². The highest BCUT2D eigenvalue weighted by Crippen LogP contribution is 2.45. The van der Waals surface area contributed by atoms with Gasteiger partial charge in [0.05, 0.1) is 26.4 Å². The van der Waals surface area contributed by atoms with Gasteiger partial charge in [0, 0.05) is 25.7 Å². The van der Waals surface area contributed by atoms with Gasteiger partial charge in [-0.05, 0) is 69.1 Å². The van der Waals surface area contributed by atoms with Crippen LogP contribution in [-0.4, -0.2) is 96.7 Å². The standard InChI is InChI=1S/C76H144O17P2/c1-8-9-10-11-12-13-14-15-18-22-25-30-35-43-50-57-73(78)86-63-71(92-75(80)59-52-45-36-31-26-23-20-17-16-19-21-24-28-33-40-47-54-67(2)3)65-90-94(82,83)88-61-70(77)62-89-95(84,85)91-66-72(64-87-74(79)58-51-44-39-38-42-49-56-69(6)7)93-76(81)60-53-46-37-32-27-29-34-41-48-55-68(4)5/h13-15,18,67-72,77H,8-12,16-17,19-66H2,1-7H3,(H,82,83)(H,84,85)/b14-13-,18-15-/t70-,71-,72-/m1/s1. The van der Waals surface area contributed by atoms with Crippen LogP contribution in [0.5, 0.6) is 0 Å². The molecule has 0 heterocycles. The van der Waals surface area contributed by atoms with Gasteiger partial charge in [0.15, 0.2) is 12.2 Å². The van der Waals surface area contributed by atoms with Crippen LogP contribution in [0.25, 0.3) is 0 Å². The van der Waals surface area contributed by atoms with Gasteiger partial charge in [-0.3, -0.25) is 37.3 Å². The predicted octanol–water partition coefficient (Wildman–Crippen LogP) is 21.7. The Kier molecular flexibility index (Phi) is 64.4. The predicted molar refractivity (Wildman–Crippen MR) is 386 cm³/mol. The number of aliphatic hydroxyl groups is 1. The number of phosphoric ester groups is 2. The Morgan fingerprint density at radius 3 is 0.853 bits per heavy atom. The van der Waals surface area contributed by atoms with Crippen molar-refractivity contribution >= 4 is 39.5 Å². The van der Waals surface area contributed by atoms with E-state index < -0.39 is 97.5 Å². The van der Waals surface area contributed by atoms with Crippen LogP contribution in [0.15, 0.2) is 24.3 Å². The number of carbonyl (C=O) groups excluding carboxylic acids is 4. The average Bonchev–Trinajstić information content (AvgIpc) is 1.32. The van der Waals surface area contributed by atoms with Crippen molar-refractivity contribution in [3.05, 3.63) is 24.3 Å². The van der Waals surface area contributed by atoms with Gasteiger partial charge in [-0.2, -0.15) is 0 Å². The minimum absolute atomic E-state index is 0.101. The molecule has 0 aliphatic carbocycles. The van der Waals surface area contributed by atoms with Crippen molar-refractivity contribution in [1.82, 2.24) is 0 Å². The van der Waals surface area contributed by atoms with E-state index in [9.17, 15) is 43.2 Å². The Balaban J connectivity index is 5.26. The molecule has 19 heteroatoms. The van der Waals surface area contributed by atoms with Gasteiger partial charge in [-0.1, -0.05) is 310 Å². The summed E-state index contributed by atoms with van der Waals surface area (Å²) in [5.74, 6) is 0.0685. The zero-order valence-corrected chi connectivity index (χ0v) is 63.4. The molecule has 3 N–H and O–H groups in total. The van der Waals surface area contributed by atoms with Gasteiger partial charge in [0.1, 0.15) is 19.3 Å². The summed E-state index contributed by atoms with van der Waals surface area (Å²) in [6, 6.07) is 0. The topological polar surface area (TPSA) is 237 Å². The molecule has 0 fully saturated rings. The summed E-state index contributed by atoms with van der Waals surface area (Å²) in [5, 5.41) is 10.6. The number of unbranched alkanes of at least 4 members (excludes halogenated alkanes) is 37. The van der Waals surface area contributed by atoms with E-state index in [-0.39, 0.29) is 25.7 Å². The van der Waals surface area contributed by atoms with E-state index in [1.807, 2.05) is 0 Å². The largest absolute Gasteiger partial charge is 0.472 e. The first-order chi connectivity index (χ1) is 45.7. The van der Waals surface area contributed by atoms with Gasteiger partial charge >= 0.3 is 39.5 Å². The molecule has 0 aromatic carbocycles. The highest BCUT2D eigenvalue weighted by molar-refractivity contribution is 7.47. The molecule has 0 bridgehead atoms. The quantitative estimate of drug-likeness (QED) is 0.0169. The first kappa shape index (κ1) is 92.5. The molecule has 0 spiro atoms. The van der Waals surface area contributed by atoms with Crippen LogP contribution in [0, 0.1) is 17.8 Å². The molecule has 0 aromatic heterocycles. The Bertz CT molecular complexity index is 1950. The molecule has 0 amide bonds. The van der Waals surface area contributed by atoms with Gasteiger partial charge in [-0.25, -0.2) is 9.13 Å². The second kappa shape index (κ2) is 66.1. The molecule has 17 nitrogen and oxygen atoms in total. The zero-order chi connectivity index (χ0) is 70.1. The molecule has 0 aliphatic rings. The molecule has 0 saturated carbocycles. The normalized spacial score (nSPS) is 14.2. The molecule has 95 heavy (non-hydrogen) atoms. The Morgan fingerprint density at radius 2 is 0.568 bits per heavy atom. The van der Waals surface area contributed by atoms with Crippen LogP contribution in [0.4, 0.5) is 0 Å². The Labute approximate surface area is 580 Å².